The van der Waals surface area contributed by atoms with Gasteiger partial charge < -0.3 is 9.84 Å². The lowest BCUT2D eigenvalue weighted by Crippen LogP contribution is -2.04. The maximum atomic E-state index is 10.7. The first kappa shape index (κ1) is 16.3. The van der Waals surface area contributed by atoms with E-state index in [1.807, 2.05) is 0 Å². The molecular formula is C17H24O3. The van der Waals surface area contributed by atoms with E-state index in [-0.39, 0.29) is 5.56 Å². The molecule has 1 unspecified atom stereocenters. The van der Waals surface area contributed by atoms with Crippen molar-refractivity contribution in [2.24, 2.45) is 5.92 Å². The molecule has 0 amide bonds. The van der Waals surface area contributed by atoms with Gasteiger partial charge in [-0.2, -0.15) is 0 Å². The topological polar surface area (TPSA) is 46.5 Å². The van der Waals surface area contributed by atoms with Crippen molar-refractivity contribution in [1.29, 1.82) is 0 Å². The molecule has 0 aliphatic heterocycles. The maximum Gasteiger partial charge on any atom is 0.335 e. The van der Waals surface area contributed by atoms with Crippen LogP contribution in [-0.2, 0) is 0 Å². The summed E-state index contributed by atoms with van der Waals surface area (Å²) < 4.78 is 5.63. The van der Waals surface area contributed by atoms with E-state index < -0.39 is 5.97 Å². The van der Waals surface area contributed by atoms with E-state index >= 15 is 0 Å². The Hall–Kier alpha value is -1.77. The van der Waals surface area contributed by atoms with E-state index in [0.717, 1.165) is 18.6 Å². The van der Waals surface area contributed by atoms with Crippen molar-refractivity contribution < 1.29 is 14.6 Å². The highest BCUT2D eigenvalue weighted by Gasteiger charge is 2.04. The Morgan fingerprint density at radius 2 is 1.95 bits per heavy atom. The minimum absolute atomic E-state index is 0.283. The van der Waals surface area contributed by atoms with E-state index in [0.29, 0.717) is 12.5 Å². The number of hydrogen-bond acceptors (Lipinski definition) is 2. The van der Waals surface area contributed by atoms with Gasteiger partial charge in [-0.25, -0.2) is 4.79 Å². The summed E-state index contributed by atoms with van der Waals surface area (Å²) in [5.74, 6) is 0.444. The molecule has 1 N–H and O–H groups in total. The lowest BCUT2D eigenvalue weighted by atomic mass is 9.99. The zero-order valence-corrected chi connectivity index (χ0v) is 12.4. The molecule has 0 fully saturated rings. The normalized spacial score (nSPS) is 11.9. The second-order valence-electron chi connectivity index (χ2n) is 5.42. The van der Waals surface area contributed by atoms with E-state index in [1.165, 1.54) is 18.4 Å². The molecule has 0 bridgehead atoms. The van der Waals surface area contributed by atoms with Crippen LogP contribution in [0, 0.1) is 5.92 Å². The van der Waals surface area contributed by atoms with Gasteiger partial charge in [0.2, 0.25) is 0 Å². The van der Waals surface area contributed by atoms with Crippen LogP contribution in [0.15, 0.2) is 36.4 Å². The van der Waals surface area contributed by atoms with Crippen LogP contribution in [0.4, 0.5) is 0 Å². The van der Waals surface area contributed by atoms with Gasteiger partial charge in [0.15, 0.2) is 0 Å². The van der Waals surface area contributed by atoms with Crippen molar-refractivity contribution in [2.45, 2.75) is 39.5 Å². The smallest absolute Gasteiger partial charge is 0.335 e. The van der Waals surface area contributed by atoms with Gasteiger partial charge in [0.05, 0.1) is 12.2 Å². The summed E-state index contributed by atoms with van der Waals surface area (Å²) >= 11 is 0. The van der Waals surface area contributed by atoms with Crippen LogP contribution in [0.2, 0.25) is 0 Å². The Labute approximate surface area is 121 Å². The fourth-order valence-electron chi connectivity index (χ4n) is 1.97. The number of aromatic carboxylic acids is 1. The van der Waals surface area contributed by atoms with Crippen molar-refractivity contribution in [1.82, 2.24) is 0 Å². The summed E-state index contributed by atoms with van der Waals surface area (Å²) in [6, 6.07) is 6.53. The summed E-state index contributed by atoms with van der Waals surface area (Å²) in [6.07, 6.45) is 4.48. The third-order valence-corrected chi connectivity index (χ3v) is 3.28. The van der Waals surface area contributed by atoms with Crippen LogP contribution < -0.4 is 4.74 Å². The third-order valence-electron chi connectivity index (χ3n) is 3.28. The van der Waals surface area contributed by atoms with Crippen LogP contribution >= 0.6 is 0 Å². The predicted octanol–water partition coefficient (Wildman–Crippen LogP) is 4.54. The Kier molecular flexibility index (Phi) is 6.85. The lowest BCUT2D eigenvalue weighted by Gasteiger charge is -2.12. The molecule has 1 aromatic carbocycles. The standard InChI is InChI=1S/C17H24O3/c1-13(2)5-4-6-14(3)11-12-20-16-9-7-15(8-10-16)17(18)19/h7-10,14H,1,4-6,11-12H2,2-3H3,(H,18,19). The zero-order valence-electron chi connectivity index (χ0n) is 12.4. The Bertz CT molecular complexity index is 434. The predicted molar refractivity (Wildman–Crippen MR) is 81.3 cm³/mol. The van der Waals surface area contributed by atoms with Gasteiger partial charge >= 0.3 is 5.97 Å². The number of carbonyl (C=O) groups is 1. The molecule has 0 spiro atoms. The number of hydrogen-bond donors (Lipinski definition) is 1. The van der Waals surface area contributed by atoms with Crippen molar-refractivity contribution in [2.75, 3.05) is 6.61 Å². The molecule has 3 nitrogen and oxygen atoms in total. The second kappa shape index (κ2) is 8.41. The number of carboxylic acid groups (broad SMARTS) is 1. The molecule has 1 rings (SSSR count). The summed E-state index contributed by atoms with van der Waals surface area (Å²) in [6.45, 7) is 8.87. The molecule has 1 aromatic rings. The zero-order chi connectivity index (χ0) is 15.0. The third kappa shape index (κ3) is 6.41. The largest absolute Gasteiger partial charge is 0.494 e. The van der Waals surface area contributed by atoms with Crippen LogP contribution in [-0.4, -0.2) is 17.7 Å². The minimum atomic E-state index is -0.914. The van der Waals surface area contributed by atoms with E-state index in [1.54, 1.807) is 24.3 Å². The van der Waals surface area contributed by atoms with Crippen molar-refractivity contribution in [3.8, 4) is 5.75 Å². The van der Waals surface area contributed by atoms with Crippen LogP contribution in [0.25, 0.3) is 0 Å². The Morgan fingerprint density at radius 3 is 2.50 bits per heavy atom. The fourth-order valence-corrected chi connectivity index (χ4v) is 1.97. The number of carboxylic acids is 1. The summed E-state index contributed by atoms with van der Waals surface area (Å²) in [5, 5.41) is 8.80. The van der Waals surface area contributed by atoms with E-state index in [2.05, 4.69) is 20.4 Å². The SMILES string of the molecule is C=C(C)CCCC(C)CCOc1ccc(C(=O)O)cc1. The first-order valence-corrected chi connectivity index (χ1v) is 7.09. The number of ether oxygens (including phenoxy) is 1. The molecular weight excluding hydrogens is 252 g/mol. The average Bonchev–Trinajstić information content (AvgIpc) is 2.39. The summed E-state index contributed by atoms with van der Waals surface area (Å²) in [7, 11) is 0. The molecule has 0 saturated heterocycles. The molecule has 0 aromatic heterocycles. The number of benzene rings is 1. The van der Waals surface area contributed by atoms with E-state index in [4.69, 9.17) is 9.84 Å². The average molecular weight is 276 g/mol. The Balaban J connectivity index is 2.23. The number of rotatable bonds is 9. The molecule has 3 heteroatoms. The van der Waals surface area contributed by atoms with Gasteiger partial charge in [-0.15, -0.1) is 6.58 Å². The molecule has 0 heterocycles. The monoisotopic (exact) mass is 276 g/mol. The quantitative estimate of drug-likeness (QED) is 0.674. The molecule has 0 aliphatic carbocycles. The Morgan fingerprint density at radius 1 is 1.30 bits per heavy atom. The molecule has 20 heavy (non-hydrogen) atoms. The van der Waals surface area contributed by atoms with Crippen molar-refractivity contribution >= 4 is 5.97 Å². The van der Waals surface area contributed by atoms with Crippen molar-refractivity contribution in [3.05, 3.63) is 42.0 Å². The van der Waals surface area contributed by atoms with Crippen molar-refractivity contribution in [3.63, 3.8) is 0 Å². The van der Waals surface area contributed by atoms with Gasteiger partial charge in [0.1, 0.15) is 5.75 Å². The van der Waals surface area contributed by atoms with Gasteiger partial charge in [-0.05, 0) is 56.4 Å². The molecule has 0 saturated carbocycles. The molecule has 0 aliphatic rings. The van der Waals surface area contributed by atoms with Crippen LogP contribution in [0.3, 0.4) is 0 Å². The lowest BCUT2D eigenvalue weighted by molar-refractivity contribution is 0.0697. The van der Waals surface area contributed by atoms with Gasteiger partial charge in [0, 0.05) is 0 Å². The first-order valence-electron chi connectivity index (χ1n) is 7.09. The molecule has 0 radical (unpaired) electrons. The second-order valence-corrected chi connectivity index (χ2v) is 5.42. The maximum absolute atomic E-state index is 10.7. The summed E-state index contributed by atoms with van der Waals surface area (Å²) in [4.78, 5) is 10.7. The molecule has 1 atom stereocenters. The minimum Gasteiger partial charge on any atom is -0.494 e. The highest BCUT2D eigenvalue weighted by Crippen LogP contribution is 2.16. The van der Waals surface area contributed by atoms with Crippen LogP contribution in [0.5, 0.6) is 5.75 Å². The van der Waals surface area contributed by atoms with Gasteiger partial charge in [-0.1, -0.05) is 18.9 Å². The fraction of sp³-hybridized carbons (Fsp3) is 0.471. The van der Waals surface area contributed by atoms with Gasteiger partial charge in [0.25, 0.3) is 0 Å². The first-order chi connectivity index (χ1) is 9.49. The summed E-state index contributed by atoms with van der Waals surface area (Å²) in [5.41, 5.74) is 1.53. The number of allylic oxidation sites excluding steroid dienone is 1. The molecule has 110 valence electrons. The van der Waals surface area contributed by atoms with Gasteiger partial charge in [-0.3, -0.25) is 0 Å². The van der Waals surface area contributed by atoms with Crippen LogP contribution in [0.1, 0.15) is 49.9 Å². The highest BCUT2D eigenvalue weighted by atomic mass is 16.5. The highest BCUT2D eigenvalue weighted by molar-refractivity contribution is 5.87. The van der Waals surface area contributed by atoms with E-state index in [9.17, 15) is 4.79 Å².